The molecule has 6 heterocycles. The van der Waals surface area contributed by atoms with E-state index in [0.717, 1.165) is 35.7 Å². The Bertz CT molecular complexity index is 2670. The molecule has 0 saturated carbocycles. The first-order chi connectivity index (χ1) is 30.9. The van der Waals surface area contributed by atoms with E-state index in [1.54, 1.807) is 60.3 Å². The number of fused-ring (bicyclic) bond motifs is 2. The highest BCUT2D eigenvalue weighted by Gasteiger charge is 2.58. The molecule has 14 nitrogen and oxygen atoms in total. The summed E-state index contributed by atoms with van der Waals surface area (Å²) in [5, 5.41) is 9.19. The number of nitriles is 1. The highest BCUT2D eigenvalue weighted by atomic mass is 16.5. The standard InChI is InChI=1S/C50H51N8O6/c1-32(37-10-9-36-17-26-63-42(36)27-37)55-22-18-50(19-23-55)46(60)58(48(62)54(50)4)41-15-7-35(8-16-41)31-52-44-29-39-12-11-38(28-43(39)64-44)33(2)56-24-20-49(21-25-56)45(59)57(47(61)53(49)3)40-13-5-34(30-51)6-14-40/h5-16,27-28,32-33,44H,17-26,29H2,1-4H3/q+1/t32-,33+,44?/m1/s1. The number of urea groups is 2. The van der Waals surface area contributed by atoms with Gasteiger partial charge in [0.1, 0.15) is 28.1 Å². The van der Waals surface area contributed by atoms with Crippen molar-refractivity contribution in [1.29, 1.82) is 5.26 Å². The van der Waals surface area contributed by atoms with E-state index in [1.165, 1.54) is 20.9 Å². The first-order valence-corrected chi connectivity index (χ1v) is 22.2. The molecule has 4 aromatic carbocycles. The number of anilines is 2. The average Bonchev–Trinajstić information content (AvgIpc) is 4.06. The van der Waals surface area contributed by atoms with Gasteiger partial charge in [0, 0.05) is 64.3 Å². The Morgan fingerprint density at radius 3 is 1.66 bits per heavy atom. The largest absolute Gasteiger partial charge is 0.493 e. The van der Waals surface area contributed by atoms with Crippen LogP contribution in [0.5, 0.6) is 11.5 Å². The van der Waals surface area contributed by atoms with Crippen molar-refractivity contribution < 1.29 is 28.7 Å². The molecule has 0 bridgehead atoms. The normalized spacial score (nSPS) is 22.3. The quantitative estimate of drug-likeness (QED) is 0.186. The summed E-state index contributed by atoms with van der Waals surface area (Å²) in [6.45, 7) is 7.72. The highest BCUT2D eigenvalue weighted by Crippen LogP contribution is 2.43. The Hall–Kier alpha value is -6.74. The molecule has 1 unspecified atom stereocenters. The summed E-state index contributed by atoms with van der Waals surface area (Å²) in [6.07, 6.45) is 3.23. The Morgan fingerprint density at radius 1 is 0.656 bits per heavy atom. The molecular formula is C50H51N8O6+. The number of amides is 6. The van der Waals surface area contributed by atoms with Crippen molar-refractivity contribution in [2.45, 2.75) is 81.8 Å². The van der Waals surface area contributed by atoms with Crippen molar-refractivity contribution in [1.82, 2.24) is 19.6 Å². The fraction of sp³-hybridized carbons (Fsp3) is 0.400. The molecule has 326 valence electrons. The molecule has 4 saturated heterocycles. The minimum absolute atomic E-state index is 0.0441. The van der Waals surface area contributed by atoms with Gasteiger partial charge in [0.05, 0.1) is 36.0 Å². The fourth-order valence-corrected chi connectivity index (χ4v) is 10.6. The van der Waals surface area contributed by atoms with Crippen LogP contribution in [0.15, 0.2) is 84.9 Å². The molecule has 14 heteroatoms. The molecule has 4 fully saturated rings. The molecule has 0 aromatic heterocycles. The van der Waals surface area contributed by atoms with Crippen molar-refractivity contribution >= 4 is 35.3 Å². The lowest BCUT2D eigenvalue weighted by molar-refractivity contribution is -0.127. The Morgan fingerprint density at radius 2 is 1.14 bits per heavy atom. The van der Waals surface area contributed by atoms with Crippen LogP contribution in [0, 0.1) is 17.4 Å². The highest BCUT2D eigenvalue weighted by molar-refractivity contribution is 6.24. The summed E-state index contributed by atoms with van der Waals surface area (Å²) < 4.78 is 12.1. The molecule has 64 heavy (non-hydrogen) atoms. The smallest absolute Gasteiger partial charge is 0.418 e. The molecule has 10 rings (SSSR count). The number of ether oxygens (including phenoxy) is 2. The lowest BCUT2D eigenvalue weighted by Gasteiger charge is -2.43. The van der Waals surface area contributed by atoms with Crippen LogP contribution in [-0.4, -0.2) is 108 Å². The van der Waals surface area contributed by atoms with E-state index in [-0.39, 0.29) is 36.0 Å². The van der Waals surface area contributed by atoms with E-state index in [4.69, 9.17) is 9.47 Å². The second-order valence-electron chi connectivity index (χ2n) is 18.0. The number of benzene rings is 4. The number of piperidine rings is 2. The minimum Gasteiger partial charge on any atom is -0.493 e. The van der Waals surface area contributed by atoms with E-state index in [9.17, 15) is 24.4 Å². The maximum atomic E-state index is 14.1. The van der Waals surface area contributed by atoms with Gasteiger partial charge in [-0.25, -0.2) is 19.4 Å². The van der Waals surface area contributed by atoms with Crippen molar-refractivity contribution in [3.05, 3.63) is 123 Å². The SMILES string of the molecule is C[C@H](c1ccc2c(c1)OCC2)N1CCC2(CC1)C(=O)N(c1ccc(C#[N+]C3Cc4ccc([C@H](C)N5CCC6(CC5)C(=O)N(c5ccc(C#N)cc5)C(=O)N6C)cc4O3)cc1)C(=O)N2C. The molecule has 0 aliphatic carbocycles. The predicted octanol–water partition coefficient (Wildman–Crippen LogP) is 7.12. The van der Waals surface area contributed by atoms with Crippen molar-refractivity contribution in [2.24, 2.45) is 0 Å². The lowest BCUT2D eigenvalue weighted by Crippen LogP contribution is -2.55. The number of rotatable bonds is 6. The summed E-state index contributed by atoms with van der Waals surface area (Å²) in [5.74, 6) is 1.34. The summed E-state index contributed by atoms with van der Waals surface area (Å²) in [4.78, 5) is 70.1. The first-order valence-electron chi connectivity index (χ1n) is 22.2. The van der Waals surface area contributed by atoms with Gasteiger partial charge in [-0.2, -0.15) is 5.26 Å². The van der Waals surface area contributed by atoms with E-state index in [1.807, 2.05) is 12.1 Å². The first kappa shape index (κ1) is 41.3. The van der Waals surface area contributed by atoms with Gasteiger partial charge in [-0.1, -0.05) is 24.3 Å². The third kappa shape index (κ3) is 6.66. The molecule has 6 aliphatic heterocycles. The monoisotopic (exact) mass is 859 g/mol. The van der Waals surface area contributed by atoms with E-state index < -0.39 is 17.3 Å². The van der Waals surface area contributed by atoms with E-state index in [2.05, 4.69) is 77.0 Å². The number of imide groups is 2. The van der Waals surface area contributed by atoms with Gasteiger partial charge < -0.3 is 19.3 Å². The lowest BCUT2D eigenvalue weighted by atomic mass is 9.85. The molecule has 2 spiro atoms. The third-order valence-electron chi connectivity index (χ3n) is 14.9. The maximum absolute atomic E-state index is 14.1. The average molecular weight is 860 g/mol. The van der Waals surface area contributed by atoms with Crippen LogP contribution in [-0.2, 0) is 22.4 Å². The number of carbonyl (C=O) groups is 4. The van der Waals surface area contributed by atoms with Crippen molar-refractivity contribution in [3.8, 4) is 23.6 Å². The van der Waals surface area contributed by atoms with Crippen LogP contribution in [0.25, 0.3) is 4.85 Å². The number of likely N-dealkylation sites (tertiary alicyclic amines) is 2. The summed E-state index contributed by atoms with van der Waals surface area (Å²) in [6, 6.07) is 31.2. The van der Waals surface area contributed by atoms with Gasteiger partial charge in [-0.05, 0) is 122 Å². The zero-order valence-corrected chi connectivity index (χ0v) is 36.6. The molecule has 3 atom stereocenters. The zero-order chi connectivity index (χ0) is 44.5. The number of likely N-dealkylation sites (N-methyl/N-ethyl adjacent to an activating group) is 2. The Kier molecular flexibility index (Phi) is 10.2. The van der Waals surface area contributed by atoms with Crippen molar-refractivity contribution in [3.63, 3.8) is 0 Å². The molecule has 0 radical (unpaired) electrons. The van der Waals surface area contributed by atoms with Crippen LogP contribution in [0.1, 0.15) is 85.0 Å². The molecule has 6 amide bonds. The molecule has 0 N–H and O–H groups in total. The van der Waals surface area contributed by atoms with Gasteiger partial charge in [-0.3, -0.25) is 19.4 Å². The predicted molar refractivity (Wildman–Crippen MR) is 239 cm³/mol. The summed E-state index contributed by atoms with van der Waals surface area (Å²) >= 11 is 0. The molecular weight excluding hydrogens is 809 g/mol. The van der Waals surface area contributed by atoms with Gasteiger partial charge in [-0.15, -0.1) is 0 Å². The topological polar surface area (TPSA) is 134 Å². The second kappa shape index (κ2) is 15.8. The van der Waals surface area contributed by atoms with Crippen LogP contribution < -0.4 is 19.3 Å². The molecule has 6 aliphatic rings. The van der Waals surface area contributed by atoms with Gasteiger partial charge in [0.25, 0.3) is 11.8 Å². The summed E-state index contributed by atoms with van der Waals surface area (Å²) in [7, 11) is 3.45. The molecule has 4 aromatic rings. The third-order valence-corrected chi connectivity index (χ3v) is 14.9. The van der Waals surface area contributed by atoms with E-state index in [0.29, 0.717) is 80.8 Å². The van der Waals surface area contributed by atoms with Crippen LogP contribution in [0.4, 0.5) is 21.0 Å². The van der Waals surface area contributed by atoms with Crippen LogP contribution >= 0.6 is 0 Å². The number of carbonyl (C=O) groups excluding carboxylic acids is 4. The minimum atomic E-state index is -0.913. The van der Waals surface area contributed by atoms with Gasteiger partial charge in [0.2, 0.25) is 0 Å². The van der Waals surface area contributed by atoms with Gasteiger partial charge >= 0.3 is 24.4 Å². The van der Waals surface area contributed by atoms with Crippen molar-refractivity contribution in [2.75, 3.05) is 56.7 Å². The fourth-order valence-electron chi connectivity index (χ4n) is 10.6. The van der Waals surface area contributed by atoms with E-state index >= 15 is 0 Å². The Labute approximate surface area is 372 Å². The van der Waals surface area contributed by atoms with Crippen LogP contribution in [0.3, 0.4) is 0 Å². The second-order valence-corrected chi connectivity index (χ2v) is 18.0. The van der Waals surface area contributed by atoms with Crippen LogP contribution in [0.2, 0.25) is 0 Å². The Balaban J connectivity index is 0.743. The maximum Gasteiger partial charge on any atom is 0.418 e. The number of hydrogen-bond donors (Lipinski definition) is 0. The zero-order valence-electron chi connectivity index (χ0n) is 36.6. The number of hydrogen-bond acceptors (Lipinski definition) is 9. The van der Waals surface area contributed by atoms with Gasteiger partial charge in [0.15, 0.2) is 0 Å². The summed E-state index contributed by atoms with van der Waals surface area (Å²) in [5.41, 5.74) is 4.96. The number of nitrogens with zero attached hydrogens (tertiary/aromatic N) is 8.